The molecule has 10 heteroatoms. The molecular formula is C25H31N3O7. The number of urea groups is 1. The van der Waals surface area contributed by atoms with Crippen molar-refractivity contribution in [2.45, 2.75) is 44.1 Å². The lowest BCUT2D eigenvalue weighted by molar-refractivity contribution is -0.143. The van der Waals surface area contributed by atoms with Crippen molar-refractivity contribution in [3.63, 3.8) is 0 Å². The number of hydrogen-bond donors (Lipinski definition) is 3. The number of nitrogens with one attached hydrogen (secondary N) is 2. The van der Waals surface area contributed by atoms with Crippen LogP contribution in [0.2, 0.25) is 0 Å². The molecule has 0 spiro atoms. The molecule has 0 unspecified atom stereocenters. The second-order valence-corrected chi connectivity index (χ2v) is 9.81. The minimum Gasteiger partial charge on any atom is -0.493 e. The number of carbonyl (C=O) groups excluding carboxylic acids is 4. The molecule has 1 aromatic carbocycles. The van der Waals surface area contributed by atoms with Crippen LogP contribution < -0.4 is 25.8 Å². The topological polar surface area (TPSA) is 146 Å². The van der Waals surface area contributed by atoms with Crippen LogP contribution in [0.3, 0.4) is 0 Å². The van der Waals surface area contributed by atoms with Crippen LogP contribution in [0.5, 0.6) is 11.5 Å². The van der Waals surface area contributed by atoms with Crippen LogP contribution in [-0.4, -0.2) is 49.7 Å². The summed E-state index contributed by atoms with van der Waals surface area (Å²) >= 11 is 0. The van der Waals surface area contributed by atoms with E-state index in [0.29, 0.717) is 34.8 Å². The molecule has 0 aliphatic heterocycles. The first-order valence-corrected chi connectivity index (χ1v) is 11.8. The Morgan fingerprint density at radius 2 is 1.69 bits per heavy atom. The van der Waals surface area contributed by atoms with Gasteiger partial charge in [0.15, 0.2) is 24.7 Å². The molecule has 0 radical (unpaired) electrons. The van der Waals surface area contributed by atoms with Crippen molar-refractivity contribution in [1.29, 1.82) is 0 Å². The third-order valence-corrected chi connectivity index (χ3v) is 6.98. The molecule has 4 N–H and O–H groups in total. The van der Waals surface area contributed by atoms with Crippen LogP contribution in [-0.2, 0) is 19.1 Å². The van der Waals surface area contributed by atoms with Crippen LogP contribution in [0, 0.1) is 17.8 Å². The lowest BCUT2D eigenvalue weighted by atomic mass is 9.53. The van der Waals surface area contributed by atoms with Gasteiger partial charge in [0.2, 0.25) is 0 Å². The van der Waals surface area contributed by atoms with Crippen LogP contribution in [0.1, 0.15) is 44.1 Å². The summed E-state index contributed by atoms with van der Waals surface area (Å²) in [7, 11) is 1.44. The minimum atomic E-state index is -0.741. The molecule has 4 aliphatic rings. The predicted octanol–water partition coefficient (Wildman–Crippen LogP) is 1.91. The van der Waals surface area contributed by atoms with E-state index in [9.17, 15) is 19.2 Å². The van der Waals surface area contributed by atoms with Gasteiger partial charge in [-0.15, -0.1) is 0 Å². The van der Waals surface area contributed by atoms with E-state index >= 15 is 0 Å². The summed E-state index contributed by atoms with van der Waals surface area (Å²) in [5.41, 5.74) is 5.46. The van der Waals surface area contributed by atoms with Gasteiger partial charge in [0.1, 0.15) is 0 Å². The van der Waals surface area contributed by atoms with Crippen LogP contribution >= 0.6 is 0 Å². The zero-order chi connectivity index (χ0) is 25.0. The van der Waals surface area contributed by atoms with Gasteiger partial charge < -0.3 is 25.3 Å². The Balaban J connectivity index is 1.21. The fourth-order valence-corrected chi connectivity index (χ4v) is 6.10. The third-order valence-electron chi connectivity index (χ3n) is 6.98. The van der Waals surface area contributed by atoms with Crippen molar-refractivity contribution in [3.8, 4) is 11.5 Å². The van der Waals surface area contributed by atoms with Gasteiger partial charge in [-0.1, -0.05) is 6.07 Å². The zero-order valence-corrected chi connectivity index (χ0v) is 19.7. The minimum absolute atomic E-state index is 0.208. The Kier molecular flexibility index (Phi) is 7.28. The Labute approximate surface area is 203 Å². The maximum absolute atomic E-state index is 12.4. The van der Waals surface area contributed by atoms with Gasteiger partial charge in [-0.3, -0.25) is 14.9 Å². The van der Waals surface area contributed by atoms with Gasteiger partial charge in [0, 0.05) is 11.6 Å². The molecule has 0 saturated heterocycles. The van der Waals surface area contributed by atoms with Crippen LogP contribution in [0.4, 0.5) is 4.79 Å². The Bertz CT molecular complexity index is 1000. The van der Waals surface area contributed by atoms with Crippen molar-refractivity contribution in [1.82, 2.24) is 10.6 Å². The SMILES string of the molecule is COc1cc(/C=C/C(=O)OCC(=O)NC(=O)NC23CC4CC(CC(C4)C2)C3)ccc1OCC(N)=O. The molecule has 0 aromatic heterocycles. The van der Waals surface area contributed by atoms with E-state index < -0.39 is 30.4 Å². The average Bonchev–Trinajstić information content (AvgIpc) is 2.78. The average molecular weight is 486 g/mol. The highest BCUT2D eigenvalue weighted by atomic mass is 16.5. The van der Waals surface area contributed by atoms with Crippen molar-refractivity contribution in [2.75, 3.05) is 20.3 Å². The lowest BCUT2D eigenvalue weighted by Crippen LogP contribution is -2.62. The van der Waals surface area contributed by atoms with Gasteiger partial charge >= 0.3 is 12.0 Å². The smallest absolute Gasteiger partial charge is 0.331 e. The Hall–Kier alpha value is -3.56. The number of nitrogens with two attached hydrogens (primary N) is 1. The second-order valence-electron chi connectivity index (χ2n) is 9.81. The monoisotopic (exact) mass is 485 g/mol. The molecule has 10 nitrogen and oxygen atoms in total. The summed E-state index contributed by atoms with van der Waals surface area (Å²) < 4.78 is 15.4. The highest BCUT2D eigenvalue weighted by Gasteiger charge is 2.51. The largest absolute Gasteiger partial charge is 0.493 e. The highest BCUT2D eigenvalue weighted by Crippen LogP contribution is 2.55. The molecule has 0 atom stereocenters. The van der Waals surface area contributed by atoms with Gasteiger partial charge in [-0.05, 0) is 80.1 Å². The molecule has 5 rings (SSSR count). The Morgan fingerprint density at radius 3 is 2.29 bits per heavy atom. The van der Waals surface area contributed by atoms with Gasteiger partial charge in [0.05, 0.1) is 7.11 Å². The third kappa shape index (κ3) is 6.32. The maximum Gasteiger partial charge on any atom is 0.331 e. The number of primary amides is 1. The number of ether oxygens (including phenoxy) is 3. The second kappa shape index (κ2) is 10.4. The highest BCUT2D eigenvalue weighted by molar-refractivity contribution is 5.96. The van der Waals surface area contributed by atoms with Gasteiger partial charge in [-0.25, -0.2) is 9.59 Å². The number of imide groups is 1. The molecule has 4 saturated carbocycles. The molecule has 4 fully saturated rings. The molecule has 4 bridgehead atoms. The summed E-state index contributed by atoms with van der Waals surface area (Å²) in [5, 5.41) is 5.32. The van der Waals surface area contributed by atoms with Crippen molar-refractivity contribution in [2.24, 2.45) is 23.5 Å². The lowest BCUT2D eigenvalue weighted by Gasteiger charge is -2.56. The number of esters is 1. The molecule has 4 amide bonds. The van der Waals surface area contributed by atoms with Crippen molar-refractivity contribution < 1.29 is 33.4 Å². The fourth-order valence-electron chi connectivity index (χ4n) is 6.10. The standard InChI is InChI=1S/C25H31N3O7/c1-33-20-9-15(2-4-19(20)34-13-21(26)29)3-5-23(31)35-14-22(30)27-24(32)28-25-10-16-6-17(11-25)8-18(7-16)12-25/h2-5,9,16-18H,6-8,10-14H2,1H3,(H2,26,29)(H2,27,28,30,32)/b5-3+. The molecule has 1 aromatic rings. The molecule has 188 valence electrons. The van der Waals surface area contributed by atoms with Gasteiger partial charge in [0.25, 0.3) is 11.8 Å². The van der Waals surface area contributed by atoms with E-state index in [1.165, 1.54) is 32.4 Å². The molecule has 0 heterocycles. The van der Waals surface area contributed by atoms with E-state index in [1.807, 2.05) is 0 Å². The first-order chi connectivity index (χ1) is 16.7. The number of carbonyl (C=O) groups is 4. The maximum atomic E-state index is 12.4. The summed E-state index contributed by atoms with van der Waals surface area (Å²) in [5.74, 6) is 0.645. The fraction of sp³-hybridized carbons (Fsp3) is 0.520. The first kappa shape index (κ1) is 24.6. The first-order valence-electron chi connectivity index (χ1n) is 11.8. The summed E-state index contributed by atoms with van der Waals surface area (Å²) in [6, 6.07) is 4.28. The van der Waals surface area contributed by atoms with E-state index in [1.54, 1.807) is 18.2 Å². The van der Waals surface area contributed by atoms with Crippen LogP contribution in [0.25, 0.3) is 6.08 Å². The van der Waals surface area contributed by atoms with Crippen LogP contribution in [0.15, 0.2) is 24.3 Å². The summed E-state index contributed by atoms with van der Waals surface area (Å²) in [6.45, 7) is -0.860. The normalized spacial score (nSPS) is 26.3. The molecule has 35 heavy (non-hydrogen) atoms. The van der Waals surface area contributed by atoms with E-state index in [2.05, 4.69) is 10.6 Å². The van der Waals surface area contributed by atoms with Crippen molar-refractivity contribution in [3.05, 3.63) is 29.8 Å². The number of benzene rings is 1. The number of rotatable bonds is 9. The van der Waals surface area contributed by atoms with E-state index in [4.69, 9.17) is 19.9 Å². The zero-order valence-electron chi connectivity index (χ0n) is 19.7. The molecule has 4 aliphatic carbocycles. The Morgan fingerprint density at radius 1 is 1.03 bits per heavy atom. The number of amides is 4. The quantitative estimate of drug-likeness (QED) is 0.358. The predicted molar refractivity (Wildman–Crippen MR) is 125 cm³/mol. The number of methoxy groups -OCH3 is 1. The van der Waals surface area contributed by atoms with Gasteiger partial charge in [-0.2, -0.15) is 0 Å². The molecular weight excluding hydrogens is 454 g/mol. The van der Waals surface area contributed by atoms with E-state index in [-0.39, 0.29) is 12.1 Å². The summed E-state index contributed by atoms with van der Waals surface area (Å²) in [6.07, 6.45) is 9.32. The van der Waals surface area contributed by atoms with Crippen molar-refractivity contribution >= 4 is 29.9 Å². The van der Waals surface area contributed by atoms with E-state index in [0.717, 1.165) is 25.3 Å². The summed E-state index contributed by atoms with van der Waals surface area (Å²) in [4.78, 5) is 47.4. The number of hydrogen-bond acceptors (Lipinski definition) is 7.